The predicted octanol–water partition coefficient (Wildman–Crippen LogP) is 2.19. The van der Waals surface area contributed by atoms with Crippen LogP contribution in [0.3, 0.4) is 0 Å². The van der Waals surface area contributed by atoms with E-state index in [0.29, 0.717) is 19.4 Å². The minimum absolute atomic E-state index is 0.0386. The molecule has 0 aromatic heterocycles. The van der Waals surface area contributed by atoms with Gasteiger partial charge < -0.3 is 10.6 Å². The van der Waals surface area contributed by atoms with E-state index in [4.69, 9.17) is 0 Å². The van der Waals surface area contributed by atoms with Crippen LogP contribution in [0.4, 0.5) is 15.8 Å². The van der Waals surface area contributed by atoms with Crippen LogP contribution in [0.25, 0.3) is 0 Å². The van der Waals surface area contributed by atoms with Crippen molar-refractivity contribution in [2.75, 3.05) is 11.9 Å². The van der Waals surface area contributed by atoms with E-state index in [9.17, 15) is 19.3 Å². The molecule has 1 aliphatic rings. The molecule has 1 aromatic rings. The molecule has 1 saturated heterocycles. The van der Waals surface area contributed by atoms with E-state index in [-0.39, 0.29) is 27.8 Å². The Bertz CT molecular complexity index is 538. The second kappa shape index (κ2) is 5.52. The summed E-state index contributed by atoms with van der Waals surface area (Å²) < 4.78 is 13.4. The van der Waals surface area contributed by atoms with E-state index >= 15 is 0 Å². The number of benzene rings is 1. The largest absolute Gasteiger partial charge is 0.377 e. The zero-order valence-electron chi connectivity index (χ0n) is 9.78. The summed E-state index contributed by atoms with van der Waals surface area (Å²) in [5.74, 6) is -0.619. The fourth-order valence-corrected chi connectivity index (χ4v) is 2.22. The van der Waals surface area contributed by atoms with Gasteiger partial charge in [-0.15, -0.1) is 0 Å². The Labute approximate surface area is 116 Å². The molecule has 0 aliphatic carbocycles. The first-order valence-electron chi connectivity index (χ1n) is 5.64. The molecule has 2 rings (SSSR count). The molecule has 0 bridgehead atoms. The highest BCUT2D eigenvalue weighted by Gasteiger charge is 2.22. The van der Waals surface area contributed by atoms with Gasteiger partial charge in [-0.1, -0.05) is 0 Å². The molecule has 1 heterocycles. The lowest BCUT2D eigenvalue weighted by Crippen LogP contribution is -2.31. The number of anilines is 1. The lowest BCUT2D eigenvalue weighted by atomic mass is 10.2. The highest BCUT2D eigenvalue weighted by atomic mass is 79.9. The van der Waals surface area contributed by atoms with Crippen molar-refractivity contribution >= 4 is 33.2 Å². The van der Waals surface area contributed by atoms with Gasteiger partial charge in [0.15, 0.2) is 0 Å². The molecule has 19 heavy (non-hydrogen) atoms. The molecule has 8 heteroatoms. The Morgan fingerprint density at radius 3 is 2.89 bits per heavy atom. The van der Waals surface area contributed by atoms with Gasteiger partial charge in [0.25, 0.3) is 5.69 Å². The van der Waals surface area contributed by atoms with E-state index < -0.39 is 10.7 Å². The quantitative estimate of drug-likeness (QED) is 0.654. The third-order valence-electron chi connectivity index (χ3n) is 2.86. The van der Waals surface area contributed by atoms with Gasteiger partial charge in [0.05, 0.1) is 9.40 Å². The summed E-state index contributed by atoms with van der Waals surface area (Å²) in [6.07, 6.45) is 1.11. The number of carbonyl (C=O) groups excluding carboxylic acids is 1. The molecular formula is C11H11BrFN3O3. The topological polar surface area (TPSA) is 84.3 Å². The van der Waals surface area contributed by atoms with Gasteiger partial charge in [0.2, 0.25) is 5.91 Å². The summed E-state index contributed by atoms with van der Waals surface area (Å²) in [7, 11) is 0. The Balaban J connectivity index is 2.12. The first kappa shape index (κ1) is 13.7. The minimum Gasteiger partial charge on any atom is -0.377 e. The van der Waals surface area contributed by atoms with E-state index in [0.717, 1.165) is 12.1 Å². The van der Waals surface area contributed by atoms with Crippen molar-refractivity contribution < 1.29 is 14.1 Å². The van der Waals surface area contributed by atoms with Crippen molar-refractivity contribution in [2.45, 2.75) is 18.9 Å². The lowest BCUT2D eigenvalue weighted by Gasteiger charge is -2.13. The van der Waals surface area contributed by atoms with Gasteiger partial charge in [0, 0.05) is 31.1 Å². The number of rotatable bonds is 4. The maximum absolute atomic E-state index is 13.4. The molecular weight excluding hydrogens is 321 g/mol. The van der Waals surface area contributed by atoms with Crippen LogP contribution in [0.15, 0.2) is 16.6 Å². The van der Waals surface area contributed by atoms with Gasteiger partial charge in [-0.3, -0.25) is 14.9 Å². The molecule has 6 nitrogen and oxygen atoms in total. The van der Waals surface area contributed by atoms with Gasteiger partial charge in [-0.25, -0.2) is 4.39 Å². The summed E-state index contributed by atoms with van der Waals surface area (Å²) >= 11 is 2.91. The molecule has 0 saturated carbocycles. The lowest BCUT2D eigenvalue weighted by molar-refractivity contribution is -0.384. The maximum atomic E-state index is 13.4. The molecule has 1 amide bonds. The first-order valence-corrected chi connectivity index (χ1v) is 6.43. The number of hydrogen-bond acceptors (Lipinski definition) is 4. The molecule has 1 fully saturated rings. The Kier molecular flexibility index (Phi) is 3.98. The number of amides is 1. The summed E-state index contributed by atoms with van der Waals surface area (Å²) in [4.78, 5) is 21.3. The molecule has 0 radical (unpaired) electrons. The fourth-order valence-electron chi connectivity index (χ4n) is 1.89. The number of halogens is 2. The number of nitrogens with one attached hydrogen (secondary N) is 2. The number of nitro benzene ring substituents is 1. The number of nitro groups is 1. The third kappa shape index (κ3) is 3.19. The summed E-state index contributed by atoms with van der Waals surface area (Å²) in [6.45, 7) is 0.327. The molecule has 0 spiro atoms. The highest BCUT2D eigenvalue weighted by molar-refractivity contribution is 9.10. The standard InChI is InChI=1S/C11H11BrFN3O3/c12-7-3-10(16(18)19)9(4-8(7)13)14-5-6-1-2-11(17)15-6/h3-4,6,14H,1-2,5H2,(H,15,17). The second-order valence-corrected chi connectivity index (χ2v) is 5.08. The molecule has 1 atom stereocenters. The van der Waals surface area contributed by atoms with Crippen LogP contribution in [0.1, 0.15) is 12.8 Å². The van der Waals surface area contributed by atoms with Crippen molar-refractivity contribution in [3.05, 3.63) is 32.5 Å². The second-order valence-electron chi connectivity index (χ2n) is 4.22. The monoisotopic (exact) mass is 331 g/mol. The van der Waals surface area contributed by atoms with E-state index in [1.807, 2.05) is 0 Å². The predicted molar refractivity (Wildman–Crippen MR) is 70.4 cm³/mol. The van der Waals surface area contributed by atoms with E-state index in [1.165, 1.54) is 0 Å². The SMILES string of the molecule is O=C1CCC(CNc2cc(F)c(Br)cc2[N+](=O)[O-])N1. The Morgan fingerprint density at radius 2 is 2.32 bits per heavy atom. The Morgan fingerprint density at radius 1 is 1.58 bits per heavy atom. The van der Waals surface area contributed by atoms with Gasteiger partial charge in [-0.05, 0) is 22.4 Å². The molecule has 1 aliphatic heterocycles. The maximum Gasteiger partial charge on any atom is 0.293 e. The van der Waals surface area contributed by atoms with E-state index in [1.54, 1.807) is 0 Å². The van der Waals surface area contributed by atoms with Crippen LogP contribution in [0.2, 0.25) is 0 Å². The zero-order valence-corrected chi connectivity index (χ0v) is 11.4. The molecule has 1 unspecified atom stereocenters. The third-order valence-corrected chi connectivity index (χ3v) is 3.47. The highest BCUT2D eigenvalue weighted by Crippen LogP contribution is 2.30. The molecule has 1 aromatic carbocycles. The number of carbonyl (C=O) groups is 1. The molecule has 2 N–H and O–H groups in total. The van der Waals surface area contributed by atoms with Crippen LogP contribution in [-0.2, 0) is 4.79 Å². The summed E-state index contributed by atoms with van der Waals surface area (Å²) in [5.41, 5.74) is -0.107. The summed E-state index contributed by atoms with van der Waals surface area (Å²) in [5, 5.41) is 16.4. The van der Waals surface area contributed by atoms with Gasteiger partial charge in [-0.2, -0.15) is 0 Å². The van der Waals surface area contributed by atoms with Crippen LogP contribution < -0.4 is 10.6 Å². The number of hydrogen-bond donors (Lipinski definition) is 2. The van der Waals surface area contributed by atoms with Gasteiger partial charge >= 0.3 is 0 Å². The first-order chi connectivity index (χ1) is 8.97. The molecule has 102 valence electrons. The average Bonchev–Trinajstić information content (AvgIpc) is 2.76. The van der Waals surface area contributed by atoms with E-state index in [2.05, 4.69) is 26.6 Å². The van der Waals surface area contributed by atoms with Crippen LogP contribution in [0.5, 0.6) is 0 Å². The van der Waals surface area contributed by atoms with Crippen LogP contribution in [-0.4, -0.2) is 23.4 Å². The summed E-state index contributed by atoms with van der Waals surface area (Å²) in [6, 6.07) is 2.10. The van der Waals surface area contributed by atoms with Crippen molar-refractivity contribution in [1.29, 1.82) is 0 Å². The van der Waals surface area contributed by atoms with Crippen molar-refractivity contribution in [3.8, 4) is 0 Å². The van der Waals surface area contributed by atoms with Crippen LogP contribution >= 0.6 is 15.9 Å². The average molecular weight is 332 g/mol. The minimum atomic E-state index is -0.584. The smallest absolute Gasteiger partial charge is 0.293 e. The Hall–Kier alpha value is -1.70. The van der Waals surface area contributed by atoms with Crippen molar-refractivity contribution in [1.82, 2.24) is 5.32 Å². The fraction of sp³-hybridized carbons (Fsp3) is 0.364. The van der Waals surface area contributed by atoms with Crippen molar-refractivity contribution in [2.24, 2.45) is 0 Å². The zero-order chi connectivity index (χ0) is 14.0. The van der Waals surface area contributed by atoms with Crippen molar-refractivity contribution in [3.63, 3.8) is 0 Å². The normalized spacial score (nSPS) is 18.2. The van der Waals surface area contributed by atoms with Gasteiger partial charge in [0.1, 0.15) is 11.5 Å². The van der Waals surface area contributed by atoms with Crippen LogP contribution in [0, 0.1) is 15.9 Å². The number of nitrogens with zero attached hydrogens (tertiary/aromatic N) is 1.